The Bertz CT molecular complexity index is 1120. The summed E-state index contributed by atoms with van der Waals surface area (Å²) < 4.78 is 64.9. The summed E-state index contributed by atoms with van der Waals surface area (Å²) >= 11 is 0. The van der Waals surface area contributed by atoms with Gasteiger partial charge in [-0.05, 0) is 12.8 Å². The normalized spacial score (nSPS) is 22.8. The molecular formula is C18H24N2O14S2. The molecule has 0 aromatic carbocycles. The van der Waals surface area contributed by atoms with Crippen molar-refractivity contribution in [3.8, 4) is 0 Å². The molecule has 0 aromatic heterocycles. The van der Waals surface area contributed by atoms with Crippen LogP contribution in [0.4, 0.5) is 0 Å². The van der Waals surface area contributed by atoms with Crippen LogP contribution in [0.1, 0.15) is 57.8 Å². The molecule has 36 heavy (non-hydrogen) atoms. The molecule has 2 atom stereocenters. The molecule has 2 aliphatic heterocycles. The summed E-state index contributed by atoms with van der Waals surface area (Å²) in [6.45, 7) is 0. The molecule has 2 saturated heterocycles. The lowest BCUT2D eigenvalue weighted by molar-refractivity contribution is -0.183. The molecule has 0 saturated carbocycles. The maximum Gasteiger partial charge on any atom is 0.351 e. The molecule has 2 heterocycles. The third-order valence-corrected chi connectivity index (χ3v) is 8.10. The Kier molecular flexibility index (Phi) is 8.60. The predicted octanol–water partition coefficient (Wildman–Crippen LogP) is -1.39. The van der Waals surface area contributed by atoms with Gasteiger partial charge in [0, 0.05) is 12.8 Å². The van der Waals surface area contributed by atoms with E-state index in [4.69, 9.17) is 5.11 Å². The number of carbonyl (C=O) groups is 6. The largest absolute Gasteiger partial charge is 0.481 e. The first-order valence-electron chi connectivity index (χ1n) is 10.6. The Hall–Kier alpha value is -2.96. The number of hydrogen-bond acceptors (Lipinski definition) is 10. The van der Waals surface area contributed by atoms with Crippen LogP contribution in [0.3, 0.4) is 0 Å². The lowest BCUT2D eigenvalue weighted by Gasteiger charge is -2.42. The van der Waals surface area contributed by atoms with Crippen LogP contribution in [0.15, 0.2) is 0 Å². The predicted molar refractivity (Wildman–Crippen MR) is 114 cm³/mol. The van der Waals surface area contributed by atoms with Crippen molar-refractivity contribution in [2.24, 2.45) is 0 Å². The van der Waals surface area contributed by atoms with E-state index in [0.29, 0.717) is 12.8 Å². The molecule has 0 aromatic rings. The number of rotatable bonds is 13. The Labute approximate surface area is 204 Å². The van der Waals surface area contributed by atoms with Crippen LogP contribution in [-0.4, -0.2) is 97.7 Å². The monoisotopic (exact) mass is 556 g/mol. The molecule has 0 bridgehead atoms. The zero-order chi connectivity index (χ0) is 27.6. The second-order valence-corrected chi connectivity index (χ2v) is 11.5. The van der Waals surface area contributed by atoms with Crippen molar-refractivity contribution >= 4 is 55.8 Å². The van der Waals surface area contributed by atoms with Crippen molar-refractivity contribution < 1.29 is 64.9 Å². The minimum absolute atomic E-state index is 0.124. The average Bonchev–Trinajstić information content (AvgIpc) is 3.20. The van der Waals surface area contributed by atoms with Gasteiger partial charge in [-0.25, -0.2) is 14.6 Å². The zero-order valence-electron chi connectivity index (χ0n) is 18.6. The Morgan fingerprint density at radius 3 is 1.47 bits per heavy atom. The molecule has 4 N–H and O–H groups in total. The number of carboxylic acids is 2. The molecule has 18 heteroatoms. The molecule has 2 unspecified atom stereocenters. The number of unbranched alkanes of at least 4 members (excludes halogenated alkanes) is 4. The summed E-state index contributed by atoms with van der Waals surface area (Å²) in [7, 11) is -10.4. The van der Waals surface area contributed by atoms with Crippen LogP contribution in [0, 0.1) is 0 Å². The third-order valence-electron chi connectivity index (χ3n) is 5.93. The summed E-state index contributed by atoms with van der Waals surface area (Å²) in [5, 5.41) is 13.9. The number of hydrogen-bond donors (Lipinski definition) is 4. The number of likely N-dealkylation sites (tertiary alicyclic amines) is 2. The van der Waals surface area contributed by atoms with Crippen molar-refractivity contribution in [1.82, 2.24) is 9.80 Å². The van der Waals surface area contributed by atoms with E-state index in [1.807, 2.05) is 0 Å². The Morgan fingerprint density at radius 2 is 1.14 bits per heavy atom. The first kappa shape index (κ1) is 29.3. The van der Waals surface area contributed by atoms with E-state index in [0.717, 1.165) is 0 Å². The van der Waals surface area contributed by atoms with Crippen molar-refractivity contribution in [3.63, 3.8) is 0 Å². The number of imide groups is 2. The highest BCUT2D eigenvalue weighted by Crippen LogP contribution is 2.38. The molecule has 202 valence electrons. The molecule has 0 spiro atoms. The molecule has 16 nitrogen and oxygen atoms in total. The van der Waals surface area contributed by atoms with E-state index in [9.17, 15) is 59.8 Å². The minimum atomic E-state index is -5.21. The molecule has 2 aliphatic rings. The first-order valence-corrected chi connectivity index (χ1v) is 13.6. The molecule has 4 amide bonds. The van der Waals surface area contributed by atoms with Crippen molar-refractivity contribution in [3.05, 3.63) is 0 Å². The third kappa shape index (κ3) is 5.71. The summed E-state index contributed by atoms with van der Waals surface area (Å²) in [6, 6.07) is 0. The highest BCUT2D eigenvalue weighted by molar-refractivity contribution is 7.87. The quantitative estimate of drug-likeness (QED) is 0.116. The molecule has 0 aliphatic carbocycles. The molecule has 2 rings (SSSR count). The summed E-state index contributed by atoms with van der Waals surface area (Å²) in [5.41, 5.74) is -3.18. The second kappa shape index (κ2) is 10.6. The van der Waals surface area contributed by atoms with Gasteiger partial charge < -0.3 is 10.2 Å². The van der Waals surface area contributed by atoms with Crippen molar-refractivity contribution in [1.29, 1.82) is 0 Å². The van der Waals surface area contributed by atoms with E-state index in [1.165, 1.54) is 0 Å². The van der Waals surface area contributed by atoms with E-state index < -0.39 is 91.2 Å². The molecule has 0 radical (unpaired) electrons. The SMILES string of the molecule is O=C(O)CCCCCCCC(C(=O)O)(N1C(=O)CC(S(=O)(=O)O)C1=O)N1C(=O)CC(S(=O)(=O)O)C1=O. The summed E-state index contributed by atoms with van der Waals surface area (Å²) in [4.78, 5) is 73.9. The number of nitrogens with zero attached hydrogens (tertiary/aromatic N) is 2. The topological polar surface area (TPSA) is 258 Å². The summed E-state index contributed by atoms with van der Waals surface area (Å²) in [6.07, 6.45) is -2.35. The number of aliphatic carboxylic acids is 2. The van der Waals surface area contributed by atoms with E-state index in [2.05, 4.69) is 0 Å². The van der Waals surface area contributed by atoms with Gasteiger partial charge in [-0.1, -0.05) is 19.3 Å². The Balaban J connectivity index is 2.50. The van der Waals surface area contributed by atoms with Gasteiger partial charge in [0.2, 0.25) is 17.5 Å². The number of amides is 4. The van der Waals surface area contributed by atoms with Crippen molar-refractivity contribution in [2.45, 2.75) is 74.0 Å². The van der Waals surface area contributed by atoms with Gasteiger partial charge in [0.25, 0.3) is 32.1 Å². The van der Waals surface area contributed by atoms with E-state index in [-0.39, 0.29) is 35.5 Å². The van der Waals surface area contributed by atoms with Gasteiger partial charge in [-0.3, -0.25) is 33.1 Å². The number of carbonyl (C=O) groups excluding carboxylic acids is 4. The molecular weight excluding hydrogens is 532 g/mol. The van der Waals surface area contributed by atoms with Gasteiger partial charge >= 0.3 is 11.9 Å². The second-order valence-electron chi connectivity index (χ2n) is 8.33. The maximum absolute atomic E-state index is 12.8. The van der Waals surface area contributed by atoms with Gasteiger partial charge in [0.1, 0.15) is 0 Å². The fourth-order valence-electron chi connectivity index (χ4n) is 4.25. The maximum atomic E-state index is 12.8. The van der Waals surface area contributed by atoms with Gasteiger partial charge in [-0.2, -0.15) is 16.8 Å². The zero-order valence-corrected chi connectivity index (χ0v) is 20.2. The van der Waals surface area contributed by atoms with E-state index >= 15 is 0 Å². The fourth-order valence-corrected chi connectivity index (χ4v) is 5.68. The molecule has 2 fully saturated rings. The standard InChI is InChI=1S/C18H24N2O14S2/c21-12-8-10(35(29,30)31)15(25)19(12)18(17(27)28,7-5-3-1-2-4-6-14(23)24)20-13(22)9-11(16(20)26)36(32,33)34/h10-11H,1-9H2,(H,23,24)(H,27,28)(H,29,30,31)(H,32,33,34). The fraction of sp³-hybridized carbons (Fsp3) is 0.667. The highest BCUT2D eigenvalue weighted by Gasteiger charge is 2.66. The minimum Gasteiger partial charge on any atom is -0.481 e. The lowest BCUT2D eigenvalue weighted by Crippen LogP contribution is -2.69. The van der Waals surface area contributed by atoms with Gasteiger partial charge in [-0.15, -0.1) is 0 Å². The van der Waals surface area contributed by atoms with Gasteiger partial charge in [0.05, 0.1) is 12.8 Å². The van der Waals surface area contributed by atoms with Crippen LogP contribution >= 0.6 is 0 Å². The van der Waals surface area contributed by atoms with E-state index in [1.54, 1.807) is 0 Å². The Morgan fingerprint density at radius 1 is 0.750 bits per heavy atom. The van der Waals surface area contributed by atoms with Gasteiger partial charge in [0.15, 0.2) is 10.5 Å². The van der Waals surface area contributed by atoms with Crippen LogP contribution in [-0.2, 0) is 49.0 Å². The summed E-state index contributed by atoms with van der Waals surface area (Å²) in [5.74, 6) is -9.54. The number of carboxylic acid groups (broad SMARTS) is 2. The smallest absolute Gasteiger partial charge is 0.351 e. The lowest BCUT2D eigenvalue weighted by atomic mass is 9.96. The van der Waals surface area contributed by atoms with Crippen LogP contribution in [0.25, 0.3) is 0 Å². The highest BCUT2D eigenvalue weighted by atomic mass is 32.2. The average molecular weight is 557 g/mol. The van der Waals surface area contributed by atoms with Crippen LogP contribution in [0.5, 0.6) is 0 Å². The van der Waals surface area contributed by atoms with Crippen molar-refractivity contribution in [2.75, 3.05) is 0 Å². The van der Waals surface area contributed by atoms with Crippen LogP contribution < -0.4 is 0 Å². The first-order chi connectivity index (χ1) is 16.5. The van der Waals surface area contributed by atoms with Crippen LogP contribution in [0.2, 0.25) is 0 Å².